The highest BCUT2D eigenvalue weighted by molar-refractivity contribution is 5.95. The second-order valence-corrected chi connectivity index (χ2v) is 6.72. The van der Waals surface area contributed by atoms with Crippen LogP contribution in [-0.4, -0.2) is 54.2 Å². The van der Waals surface area contributed by atoms with Gasteiger partial charge in [0.2, 0.25) is 11.9 Å². The summed E-state index contributed by atoms with van der Waals surface area (Å²) >= 11 is 0. The molecule has 4 rings (SSSR count). The molecule has 0 aliphatic carbocycles. The van der Waals surface area contributed by atoms with Gasteiger partial charge in [-0.05, 0) is 30.3 Å². The number of anilines is 3. The molecule has 0 saturated carbocycles. The molecule has 1 aromatic heterocycles. The average Bonchev–Trinajstić information content (AvgIpc) is 2.76. The molecule has 2 N–H and O–H groups in total. The van der Waals surface area contributed by atoms with E-state index in [2.05, 4.69) is 25.6 Å². The van der Waals surface area contributed by atoms with Crippen molar-refractivity contribution in [2.24, 2.45) is 0 Å². The van der Waals surface area contributed by atoms with E-state index in [-0.39, 0.29) is 12.0 Å². The summed E-state index contributed by atoms with van der Waals surface area (Å²) < 4.78 is 11.2. The number of carbonyl (C=O) groups is 1. The normalized spacial score (nSPS) is 13.3. The van der Waals surface area contributed by atoms with Gasteiger partial charge < -0.3 is 25.0 Å². The van der Waals surface area contributed by atoms with E-state index in [1.165, 1.54) is 6.33 Å². The van der Waals surface area contributed by atoms with Crippen molar-refractivity contribution >= 4 is 23.5 Å². The fourth-order valence-corrected chi connectivity index (χ4v) is 3.05. The first-order chi connectivity index (χ1) is 14.6. The molecule has 9 nitrogen and oxygen atoms in total. The Morgan fingerprint density at radius 1 is 1.10 bits per heavy atom. The minimum atomic E-state index is -0.155. The smallest absolute Gasteiger partial charge is 0.251 e. The Kier molecular flexibility index (Phi) is 5.60. The van der Waals surface area contributed by atoms with E-state index in [1.807, 2.05) is 35.2 Å². The number of hydrogen-bond acceptors (Lipinski definition) is 8. The van der Waals surface area contributed by atoms with Gasteiger partial charge in [0.05, 0.1) is 20.2 Å². The molecule has 1 amide bonds. The Balaban J connectivity index is 1.37. The lowest BCUT2D eigenvalue weighted by molar-refractivity contribution is 0.0963. The van der Waals surface area contributed by atoms with Gasteiger partial charge in [0.25, 0.3) is 5.91 Å². The van der Waals surface area contributed by atoms with Crippen LogP contribution < -0.4 is 25.0 Å². The molecule has 2 heterocycles. The number of ether oxygens (including phenoxy) is 2. The molecule has 1 aliphatic heterocycles. The largest absolute Gasteiger partial charge is 0.497 e. The van der Waals surface area contributed by atoms with E-state index in [9.17, 15) is 4.79 Å². The van der Waals surface area contributed by atoms with Gasteiger partial charge in [-0.15, -0.1) is 0 Å². The minimum absolute atomic E-state index is 0.0505. The zero-order valence-corrected chi connectivity index (χ0v) is 16.7. The molecule has 3 aromatic rings. The molecule has 30 heavy (non-hydrogen) atoms. The highest BCUT2D eigenvalue weighted by Crippen LogP contribution is 2.25. The molecule has 1 aliphatic rings. The van der Waals surface area contributed by atoms with E-state index in [4.69, 9.17) is 9.47 Å². The lowest BCUT2D eigenvalue weighted by Gasteiger charge is -2.38. The summed E-state index contributed by atoms with van der Waals surface area (Å²) in [6, 6.07) is 14.7. The van der Waals surface area contributed by atoms with Crippen molar-refractivity contribution in [3.05, 3.63) is 60.4 Å². The maximum Gasteiger partial charge on any atom is 0.251 e. The van der Waals surface area contributed by atoms with Crippen LogP contribution in [0.1, 0.15) is 10.4 Å². The van der Waals surface area contributed by atoms with Gasteiger partial charge in [-0.1, -0.05) is 12.1 Å². The van der Waals surface area contributed by atoms with E-state index < -0.39 is 0 Å². The molecule has 1 saturated heterocycles. The number of amides is 1. The van der Waals surface area contributed by atoms with E-state index in [0.717, 1.165) is 17.2 Å². The molecule has 0 bridgehead atoms. The zero-order valence-electron chi connectivity index (χ0n) is 16.7. The van der Waals surface area contributed by atoms with Gasteiger partial charge in [-0.25, -0.2) is 9.97 Å². The zero-order chi connectivity index (χ0) is 20.9. The lowest BCUT2D eigenvalue weighted by Crippen LogP contribution is -2.54. The third kappa shape index (κ3) is 4.40. The second kappa shape index (κ2) is 8.64. The number of nitrogens with zero attached hydrogens (tertiary/aromatic N) is 4. The monoisotopic (exact) mass is 406 g/mol. The van der Waals surface area contributed by atoms with Crippen molar-refractivity contribution < 1.29 is 14.3 Å². The number of rotatable bonds is 7. The van der Waals surface area contributed by atoms with Crippen LogP contribution in [0.5, 0.6) is 11.5 Å². The van der Waals surface area contributed by atoms with Crippen molar-refractivity contribution in [1.29, 1.82) is 0 Å². The van der Waals surface area contributed by atoms with E-state index >= 15 is 0 Å². The fraction of sp³-hybridized carbons (Fsp3) is 0.238. The van der Waals surface area contributed by atoms with Gasteiger partial charge in [-0.2, -0.15) is 4.98 Å². The van der Waals surface area contributed by atoms with Crippen LogP contribution in [0.3, 0.4) is 0 Å². The third-order valence-electron chi connectivity index (χ3n) is 4.64. The third-order valence-corrected chi connectivity index (χ3v) is 4.64. The summed E-state index contributed by atoms with van der Waals surface area (Å²) in [5, 5.41) is 5.72. The average molecular weight is 406 g/mol. The van der Waals surface area contributed by atoms with Gasteiger partial charge >= 0.3 is 0 Å². The van der Waals surface area contributed by atoms with Crippen LogP contribution in [0.15, 0.2) is 54.9 Å². The minimum Gasteiger partial charge on any atom is -0.497 e. The Hall–Kier alpha value is -3.88. The second-order valence-electron chi connectivity index (χ2n) is 6.72. The van der Waals surface area contributed by atoms with Crippen molar-refractivity contribution in [3.8, 4) is 11.5 Å². The summed E-state index contributed by atoms with van der Waals surface area (Å²) in [5.74, 6) is 2.36. The fourth-order valence-electron chi connectivity index (χ4n) is 3.05. The summed E-state index contributed by atoms with van der Waals surface area (Å²) in [7, 11) is 3.23. The first kappa shape index (κ1) is 19.4. The van der Waals surface area contributed by atoms with Crippen molar-refractivity contribution in [2.45, 2.75) is 6.10 Å². The number of benzene rings is 2. The molecule has 0 atom stereocenters. The van der Waals surface area contributed by atoms with Crippen molar-refractivity contribution in [1.82, 2.24) is 20.3 Å². The molecule has 0 spiro atoms. The Labute approximate surface area is 174 Å². The van der Waals surface area contributed by atoms with E-state index in [0.29, 0.717) is 30.5 Å². The predicted octanol–water partition coefficient (Wildman–Crippen LogP) is 2.25. The Morgan fingerprint density at radius 3 is 2.70 bits per heavy atom. The highest BCUT2D eigenvalue weighted by atomic mass is 16.5. The number of nitrogens with one attached hydrogen (secondary N) is 2. The molecule has 1 fully saturated rings. The quantitative estimate of drug-likeness (QED) is 0.616. The number of hydrogen-bond donors (Lipinski definition) is 2. The number of aromatic nitrogens is 3. The Morgan fingerprint density at radius 2 is 1.90 bits per heavy atom. The maximum atomic E-state index is 11.8. The predicted molar refractivity (Wildman–Crippen MR) is 113 cm³/mol. The summed E-state index contributed by atoms with van der Waals surface area (Å²) in [5.41, 5.74) is 1.27. The van der Waals surface area contributed by atoms with E-state index in [1.54, 1.807) is 32.4 Å². The molecule has 2 aromatic carbocycles. The maximum absolute atomic E-state index is 11.8. The van der Waals surface area contributed by atoms with Crippen LogP contribution in [-0.2, 0) is 0 Å². The van der Waals surface area contributed by atoms with Gasteiger partial charge in [0.15, 0.2) is 0 Å². The summed E-state index contributed by atoms with van der Waals surface area (Å²) in [6.07, 6.45) is 1.51. The SMILES string of the molecule is CNC(=O)c1cccc(Nc2ncnc(N3CC(Oc4cccc(OC)c4)C3)n2)c1. The summed E-state index contributed by atoms with van der Waals surface area (Å²) in [4.78, 5) is 26.7. The van der Waals surface area contributed by atoms with Gasteiger partial charge in [-0.3, -0.25) is 4.79 Å². The van der Waals surface area contributed by atoms with Crippen LogP contribution in [0.2, 0.25) is 0 Å². The van der Waals surface area contributed by atoms with Crippen LogP contribution >= 0.6 is 0 Å². The number of methoxy groups -OCH3 is 1. The highest BCUT2D eigenvalue weighted by Gasteiger charge is 2.30. The molecule has 154 valence electrons. The molecular weight excluding hydrogens is 384 g/mol. The van der Waals surface area contributed by atoms with Crippen LogP contribution in [0, 0.1) is 0 Å². The molecular formula is C21H22N6O3. The lowest BCUT2D eigenvalue weighted by atomic mass is 10.2. The van der Waals surface area contributed by atoms with Crippen molar-refractivity contribution in [2.75, 3.05) is 37.5 Å². The topological polar surface area (TPSA) is 102 Å². The van der Waals surface area contributed by atoms with Crippen molar-refractivity contribution in [3.63, 3.8) is 0 Å². The molecule has 0 unspecified atom stereocenters. The number of carbonyl (C=O) groups excluding carboxylic acids is 1. The summed E-state index contributed by atoms with van der Waals surface area (Å²) in [6.45, 7) is 1.35. The van der Waals surface area contributed by atoms with Crippen LogP contribution in [0.4, 0.5) is 17.6 Å². The Bertz CT molecular complexity index is 1040. The first-order valence-corrected chi connectivity index (χ1v) is 9.48. The van der Waals surface area contributed by atoms with Gasteiger partial charge in [0, 0.05) is 24.4 Å². The first-order valence-electron chi connectivity index (χ1n) is 9.48. The van der Waals surface area contributed by atoms with Gasteiger partial charge in [0.1, 0.15) is 23.9 Å². The standard InChI is InChI=1S/C21H22N6O3/c1-22-19(28)14-5-3-6-15(9-14)25-20-23-13-24-21(26-20)27-11-18(12-27)30-17-8-4-7-16(10-17)29-2/h3-10,13,18H,11-12H2,1-2H3,(H,22,28)(H,23,24,25,26). The molecule has 9 heteroatoms. The van der Waals surface area contributed by atoms with Crippen LogP contribution in [0.25, 0.3) is 0 Å². The molecule has 0 radical (unpaired) electrons.